The summed E-state index contributed by atoms with van der Waals surface area (Å²) in [6.45, 7) is 2.11. The van der Waals surface area contributed by atoms with E-state index in [9.17, 15) is 13.2 Å². The first-order valence-electron chi connectivity index (χ1n) is 7.66. The van der Waals surface area contributed by atoms with E-state index in [4.69, 9.17) is 16.2 Å². The minimum absolute atomic E-state index is 0.193. The van der Waals surface area contributed by atoms with Crippen molar-refractivity contribution in [2.45, 2.75) is 13.3 Å². The van der Waals surface area contributed by atoms with Crippen LogP contribution < -0.4 is 4.90 Å². The molecule has 2 aromatic rings. The monoisotopic (exact) mass is 394 g/mol. The van der Waals surface area contributed by atoms with E-state index < -0.39 is 10.4 Å². The van der Waals surface area contributed by atoms with Crippen LogP contribution >= 0.6 is 11.6 Å². The molecule has 1 aliphatic heterocycles. The Morgan fingerprint density at radius 2 is 2.00 bits per heavy atom. The van der Waals surface area contributed by atoms with Gasteiger partial charge in [0.15, 0.2) is 0 Å². The Morgan fingerprint density at radius 1 is 1.27 bits per heavy atom. The molecule has 26 heavy (non-hydrogen) atoms. The number of fused-ring (bicyclic) bond motifs is 1. The lowest BCUT2D eigenvalue weighted by Crippen LogP contribution is -2.38. The maximum Gasteiger partial charge on any atom is 0.466 e. The maximum atomic E-state index is 13.0. The number of benzene rings is 2. The van der Waals surface area contributed by atoms with Gasteiger partial charge in [-0.3, -0.25) is 9.35 Å². The topological polar surface area (TPSA) is 96.3 Å². The average Bonchev–Trinajstić information content (AvgIpc) is 2.58. The fourth-order valence-electron chi connectivity index (χ4n) is 2.80. The number of halogens is 1. The predicted octanol–water partition coefficient (Wildman–Crippen LogP) is 3.22. The molecule has 0 bridgehead atoms. The Kier molecular flexibility index (Phi) is 4.99. The first-order valence-corrected chi connectivity index (χ1v) is 9.41. The van der Waals surface area contributed by atoms with Crippen LogP contribution in [0.5, 0.6) is 0 Å². The van der Waals surface area contributed by atoms with Gasteiger partial charge < -0.3 is 4.90 Å². The second-order valence-electron chi connectivity index (χ2n) is 5.72. The molecule has 1 aliphatic rings. The molecular formula is C17H15ClN2O5S. The Bertz CT molecular complexity index is 1000. The zero-order valence-corrected chi connectivity index (χ0v) is 15.3. The predicted molar refractivity (Wildman–Crippen MR) is 98.1 cm³/mol. The van der Waals surface area contributed by atoms with Crippen LogP contribution in [0.2, 0.25) is 5.02 Å². The van der Waals surface area contributed by atoms with Gasteiger partial charge in [0.2, 0.25) is 0 Å². The smallest absolute Gasteiger partial charge is 0.307 e. The number of amides is 1. The molecule has 0 aromatic heterocycles. The van der Waals surface area contributed by atoms with Crippen LogP contribution in [0.1, 0.15) is 27.9 Å². The highest BCUT2D eigenvalue weighted by atomic mass is 35.5. The summed E-state index contributed by atoms with van der Waals surface area (Å²) < 4.78 is 34.4. The summed E-state index contributed by atoms with van der Waals surface area (Å²) in [4.78, 5) is 14.6. The van der Waals surface area contributed by atoms with E-state index in [2.05, 4.69) is 9.44 Å². The second kappa shape index (κ2) is 7.06. The van der Waals surface area contributed by atoms with Crippen LogP contribution in [0.25, 0.3) is 0 Å². The fourth-order valence-corrected chi connectivity index (χ4v) is 3.15. The lowest BCUT2D eigenvalue weighted by atomic mass is 9.98. The highest BCUT2D eigenvalue weighted by Crippen LogP contribution is 2.32. The summed E-state index contributed by atoms with van der Waals surface area (Å²) in [5.41, 5.74) is 2.70. The summed E-state index contributed by atoms with van der Waals surface area (Å²) >= 11 is 6.08. The average molecular weight is 395 g/mol. The van der Waals surface area contributed by atoms with Crippen molar-refractivity contribution >= 4 is 39.3 Å². The summed E-state index contributed by atoms with van der Waals surface area (Å²) in [6, 6.07) is 12.1. The van der Waals surface area contributed by atoms with Crippen molar-refractivity contribution < 1.29 is 22.0 Å². The Hall–Kier alpha value is -2.42. The van der Waals surface area contributed by atoms with Gasteiger partial charge >= 0.3 is 10.4 Å². The van der Waals surface area contributed by atoms with Gasteiger partial charge in [-0.05, 0) is 36.8 Å². The zero-order chi connectivity index (χ0) is 18.9. The SMILES string of the molecule is Cc1ccccc1C(=O)N1CC/C(=N/OS(=O)(=O)O)c2ccc(Cl)cc21. The molecule has 0 spiro atoms. The van der Waals surface area contributed by atoms with Crippen molar-refractivity contribution in [1.82, 2.24) is 0 Å². The van der Waals surface area contributed by atoms with Crippen molar-refractivity contribution in [2.24, 2.45) is 5.16 Å². The van der Waals surface area contributed by atoms with E-state index in [1.54, 1.807) is 35.2 Å². The molecule has 0 fully saturated rings. The van der Waals surface area contributed by atoms with Crippen molar-refractivity contribution in [2.75, 3.05) is 11.4 Å². The van der Waals surface area contributed by atoms with E-state index in [0.717, 1.165) is 5.56 Å². The van der Waals surface area contributed by atoms with Crippen molar-refractivity contribution in [3.05, 3.63) is 64.2 Å². The minimum Gasteiger partial charge on any atom is -0.307 e. The summed E-state index contributed by atoms with van der Waals surface area (Å²) in [7, 11) is -4.71. The van der Waals surface area contributed by atoms with E-state index in [1.807, 2.05) is 19.1 Å². The Labute approximate surface area is 155 Å². The normalized spacial score (nSPS) is 15.7. The molecule has 7 nitrogen and oxygen atoms in total. The quantitative estimate of drug-likeness (QED) is 0.636. The molecule has 0 aliphatic carbocycles. The first kappa shape index (κ1) is 18.4. The number of carbonyl (C=O) groups excluding carboxylic acids is 1. The highest BCUT2D eigenvalue weighted by Gasteiger charge is 2.28. The van der Waals surface area contributed by atoms with Crippen LogP contribution in [0.4, 0.5) is 5.69 Å². The van der Waals surface area contributed by atoms with Gasteiger partial charge in [-0.1, -0.05) is 35.0 Å². The fraction of sp³-hybridized carbons (Fsp3) is 0.176. The van der Waals surface area contributed by atoms with Crippen LogP contribution in [-0.4, -0.2) is 31.1 Å². The molecule has 0 saturated heterocycles. The molecule has 3 rings (SSSR count). The van der Waals surface area contributed by atoms with Gasteiger partial charge in [0, 0.05) is 29.1 Å². The Balaban J connectivity index is 2.03. The lowest BCUT2D eigenvalue weighted by Gasteiger charge is -2.30. The Morgan fingerprint density at radius 3 is 2.69 bits per heavy atom. The van der Waals surface area contributed by atoms with Crippen LogP contribution in [0, 0.1) is 6.92 Å². The van der Waals surface area contributed by atoms with Crippen molar-refractivity contribution in [1.29, 1.82) is 0 Å². The third-order valence-electron chi connectivity index (χ3n) is 4.00. The molecule has 0 atom stereocenters. The zero-order valence-electron chi connectivity index (χ0n) is 13.7. The summed E-state index contributed by atoms with van der Waals surface area (Å²) in [5, 5.41) is 3.93. The lowest BCUT2D eigenvalue weighted by molar-refractivity contribution is 0.0986. The third kappa shape index (κ3) is 3.87. The number of oxime groups is 1. The van der Waals surface area contributed by atoms with Crippen molar-refractivity contribution in [3.8, 4) is 0 Å². The molecule has 0 radical (unpaired) electrons. The number of carbonyl (C=O) groups is 1. The van der Waals surface area contributed by atoms with Gasteiger partial charge in [-0.15, -0.1) is 0 Å². The number of rotatable bonds is 3. The van der Waals surface area contributed by atoms with Gasteiger partial charge in [-0.2, -0.15) is 8.42 Å². The number of hydrogen-bond donors (Lipinski definition) is 1. The molecule has 1 heterocycles. The first-order chi connectivity index (χ1) is 12.3. The highest BCUT2D eigenvalue weighted by molar-refractivity contribution is 7.80. The van der Waals surface area contributed by atoms with E-state index in [0.29, 0.717) is 27.5 Å². The van der Waals surface area contributed by atoms with Crippen molar-refractivity contribution in [3.63, 3.8) is 0 Å². The molecule has 2 aromatic carbocycles. The molecule has 136 valence electrons. The van der Waals surface area contributed by atoms with Crippen LogP contribution in [-0.2, 0) is 14.7 Å². The van der Waals surface area contributed by atoms with E-state index in [1.165, 1.54) is 0 Å². The molecule has 0 saturated carbocycles. The number of nitrogens with zero attached hydrogens (tertiary/aromatic N) is 2. The second-order valence-corrected chi connectivity index (χ2v) is 7.16. The standard InChI is InChI=1S/C17H15ClN2O5S/c1-11-4-2-3-5-13(11)17(21)20-9-8-15(19-25-26(22,23)24)14-7-6-12(18)10-16(14)20/h2-7,10H,8-9H2,1H3,(H,22,23,24)/b19-15-. The molecule has 1 N–H and O–H groups in total. The van der Waals surface area contributed by atoms with Gasteiger partial charge in [0.05, 0.1) is 11.4 Å². The van der Waals surface area contributed by atoms with Gasteiger partial charge in [0.1, 0.15) is 0 Å². The largest absolute Gasteiger partial charge is 0.466 e. The van der Waals surface area contributed by atoms with E-state index in [-0.39, 0.29) is 18.9 Å². The maximum absolute atomic E-state index is 13.0. The minimum atomic E-state index is -4.71. The number of aryl methyl sites for hydroxylation is 1. The number of hydrogen-bond acceptors (Lipinski definition) is 5. The van der Waals surface area contributed by atoms with Gasteiger partial charge in [0.25, 0.3) is 5.91 Å². The van der Waals surface area contributed by atoms with E-state index >= 15 is 0 Å². The molecule has 1 amide bonds. The molecule has 0 unspecified atom stereocenters. The molecule has 9 heteroatoms. The van der Waals surface area contributed by atoms with Crippen LogP contribution in [0.3, 0.4) is 0 Å². The molecular weight excluding hydrogens is 380 g/mol. The number of anilines is 1. The van der Waals surface area contributed by atoms with Crippen LogP contribution in [0.15, 0.2) is 47.6 Å². The summed E-state index contributed by atoms with van der Waals surface area (Å²) in [5.74, 6) is -0.193. The third-order valence-corrected chi connectivity index (χ3v) is 4.49. The van der Waals surface area contributed by atoms with Gasteiger partial charge in [-0.25, -0.2) is 4.28 Å². The summed E-state index contributed by atoms with van der Waals surface area (Å²) in [6.07, 6.45) is 0.252.